The molecular weight excluding hydrogens is 312 g/mol. The maximum absolute atomic E-state index is 12.4. The lowest BCUT2D eigenvalue weighted by Crippen LogP contribution is -2.30. The predicted molar refractivity (Wildman–Crippen MR) is 79.7 cm³/mol. The van der Waals surface area contributed by atoms with E-state index < -0.39 is 16.2 Å². The van der Waals surface area contributed by atoms with E-state index in [1.165, 1.54) is 36.4 Å². The van der Waals surface area contributed by atoms with Crippen molar-refractivity contribution in [3.8, 4) is 5.69 Å². The lowest BCUT2D eigenvalue weighted by Gasteiger charge is -2.05. The zero-order chi connectivity index (χ0) is 15.9. The van der Waals surface area contributed by atoms with Crippen molar-refractivity contribution < 1.29 is 9.34 Å². The smallest absolute Gasteiger partial charge is 0.409 e. The molecule has 0 aliphatic carbocycles. The van der Waals surface area contributed by atoms with E-state index in [1.54, 1.807) is 0 Å². The molecule has 7 nitrogen and oxygen atoms in total. The van der Waals surface area contributed by atoms with E-state index in [4.69, 9.17) is 16.0 Å². The molecule has 0 fully saturated rings. The summed E-state index contributed by atoms with van der Waals surface area (Å²) in [7, 11) is 0. The van der Waals surface area contributed by atoms with Gasteiger partial charge < -0.3 is 4.42 Å². The summed E-state index contributed by atoms with van der Waals surface area (Å²) in [5.74, 6) is -0.944. The zero-order valence-corrected chi connectivity index (χ0v) is 11.6. The minimum atomic E-state index is -0.944. The first kappa shape index (κ1) is 14.0. The van der Waals surface area contributed by atoms with Gasteiger partial charge in [0.2, 0.25) is 0 Å². The molecule has 0 N–H and O–H groups in total. The quantitative estimate of drug-likeness (QED) is 0.534. The van der Waals surface area contributed by atoms with Crippen LogP contribution in [0.2, 0.25) is 5.02 Å². The lowest BCUT2D eigenvalue weighted by molar-refractivity contribution is -0.384. The van der Waals surface area contributed by atoms with Crippen molar-refractivity contribution in [2.45, 2.75) is 0 Å². The Morgan fingerprint density at radius 2 is 1.91 bits per heavy atom. The minimum absolute atomic E-state index is 0.0594. The molecule has 0 bridgehead atoms. The van der Waals surface area contributed by atoms with Crippen molar-refractivity contribution >= 4 is 28.3 Å². The number of benzene rings is 2. The van der Waals surface area contributed by atoms with Crippen LogP contribution >= 0.6 is 11.6 Å². The summed E-state index contributed by atoms with van der Waals surface area (Å²) in [6, 6.07) is 9.45. The second-order valence-corrected chi connectivity index (χ2v) is 4.86. The third-order valence-corrected chi connectivity index (χ3v) is 3.29. The average molecular weight is 319 g/mol. The van der Waals surface area contributed by atoms with Crippen molar-refractivity contribution in [2.24, 2.45) is 0 Å². The van der Waals surface area contributed by atoms with Gasteiger partial charge in [-0.15, -0.1) is 0 Å². The Morgan fingerprint density at radius 3 is 2.64 bits per heavy atom. The maximum atomic E-state index is 12.4. The number of aromatic nitrogens is 1. The summed E-state index contributed by atoms with van der Waals surface area (Å²) < 4.78 is 5.80. The third kappa shape index (κ3) is 2.27. The Morgan fingerprint density at radius 1 is 1.14 bits per heavy atom. The summed E-state index contributed by atoms with van der Waals surface area (Å²) in [6.07, 6.45) is 0. The van der Waals surface area contributed by atoms with Crippen LogP contribution in [-0.2, 0) is 0 Å². The van der Waals surface area contributed by atoms with Crippen molar-refractivity contribution in [1.82, 2.24) is 4.57 Å². The highest BCUT2D eigenvalue weighted by Crippen LogP contribution is 2.17. The van der Waals surface area contributed by atoms with Gasteiger partial charge in [0.15, 0.2) is 0 Å². The van der Waals surface area contributed by atoms with Crippen LogP contribution in [0.5, 0.6) is 0 Å². The van der Waals surface area contributed by atoms with Gasteiger partial charge in [-0.1, -0.05) is 17.7 Å². The van der Waals surface area contributed by atoms with Gasteiger partial charge in [-0.2, -0.15) is 0 Å². The monoisotopic (exact) mass is 318 g/mol. The Hall–Kier alpha value is -2.93. The van der Waals surface area contributed by atoms with Crippen LogP contribution < -0.4 is 11.3 Å². The van der Waals surface area contributed by atoms with E-state index in [0.29, 0.717) is 5.02 Å². The number of non-ortho nitro benzene ring substituents is 1. The van der Waals surface area contributed by atoms with Crippen molar-refractivity contribution in [3.63, 3.8) is 0 Å². The number of nitrogens with zero attached hydrogens (tertiary/aromatic N) is 2. The second-order valence-electron chi connectivity index (χ2n) is 4.43. The topological polar surface area (TPSA) is 95.3 Å². The number of nitro benzene ring substituents is 1. The number of hydrogen-bond donors (Lipinski definition) is 0. The van der Waals surface area contributed by atoms with Crippen LogP contribution in [0.1, 0.15) is 0 Å². The fraction of sp³-hybridized carbons (Fsp3) is 0. The molecule has 2 aromatic carbocycles. The molecule has 110 valence electrons. The average Bonchev–Trinajstić information content (AvgIpc) is 2.47. The van der Waals surface area contributed by atoms with E-state index in [0.717, 1.165) is 10.6 Å². The first-order valence-corrected chi connectivity index (χ1v) is 6.45. The molecule has 1 heterocycles. The van der Waals surface area contributed by atoms with Crippen LogP contribution in [0.25, 0.3) is 16.7 Å². The Balaban J connectivity index is 2.34. The number of nitro groups is 1. The predicted octanol–water partition coefficient (Wildman–Crippen LogP) is 2.51. The van der Waals surface area contributed by atoms with E-state index in [1.807, 2.05) is 0 Å². The Kier molecular flexibility index (Phi) is 3.26. The summed E-state index contributed by atoms with van der Waals surface area (Å²) in [5, 5.41) is 11.3. The number of rotatable bonds is 2. The number of halogens is 1. The molecule has 8 heteroatoms. The summed E-state index contributed by atoms with van der Waals surface area (Å²) >= 11 is 5.79. The standard InChI is InChI=1S/C14H7ClN2O5/c15-8-4-5-11-12(6-8)22-14(19)16(13(11)18)9-2-1-3-10(7-9)17(20)21/h1-7H. The molecule has 0 unspecified atom stereocenters. The highest BCUT2D eigenvalue weighted by atomic mass is 35.5. The molecule has 0 radical (unpaired) electrons. The molecule has 0 atom stereocenters. The Labute approximate surface area is 127 Å². The zero-order valence-electron chi connectivity index (χ0n) is 10.9. The van der Waals surface area contributed by atoms with E-state index in [9.17, 15) is 19.7 Å². The number of hydrogen-bond acceptors (Lipinski definition) is 5. The van der Waals surface area contributed by atoms with E-state index in [-0.39, 0.29) is 22.3 Å². The van der Waals surface area contributed by atoms with Gasteiger partial charge in [-0.25, -0.2) is 9.36 Å². The molecular formula is C14H7ClN2O5. The molecule has 0 spiro atoms. The van der Waals surface area contributed by atoms with Gasteiger partial charge in [0.25, 0.3) is 11.2 Å². The molecule has 3 aromatic rings. The van der Waals surface area contributed by atoms with Crippen molar-refractivity contribution in [1.29, 1.82) is 0 Å². The molecule has 0 saturated heterocycles. The highest BCUT2D eigenvalue weighted by Gasteiger charge is 2.14. The molecule has 0 aliphatic heterocycles. The lowest BCUT2D eigenvalue weighted by atomic mass is 10.2. The van der Waals surface area contributed by atoms with Crippen molar-refractivity contribution in [2.75, 3.05) is 0 Å². The molecule has 3 rings (SSSR count). The largest absolute Gasteiger partial charge is 0.427 e. The molecule has 0 saturated carbocycles. The highest BCUT2D eigenvalue weighted by molar-refractivity contribution is 6.31. The van der Waals surface area contributed by atoms with Crippen LogP contribution in [0.15, 0.2) is 56.5 Å². The number of fused-ring (bicyclic) bond motifs is 1. The van der Waals surface area contributed by atoms with Gasteiger partial charge in [-0.05, 0) is 18.2 Å². The first-order chi connectivity index (χ1) is 10.5. The minimum Gasteiger partial charge on any atom is -0.409 e. The SMILES string of the molecule is O=c1oc2cc(Cl)ccc2c(=O)n1-c1cccc([N+](=O)[O-])c1. The molecule has 1 aromatic heterocycles. The molecule has 0 aliphatic rings. The van der Waals surface area contributed by atoms with E-state index in [2.05, 4.69) is 0 Å². The maximum Gasteiger partial charge on any atom is 0.427 e. The van der Waals surface area contributed by atoms with Crippen LogP contribution in [0.3, 0.4) is 0 Å². The summed E-state index contributed by atoms with van der Waals surface area (Å²) in [5.41, 5.74) is -0.752. The third-order valence-electron chi connectivity index (χ3n) is 3.06. The second kappa shape index (κ2) is 5.12. The molecule has 0 amide bonds. The normalized spacial score (nSPS) is 10.8. The first-order valence-electron chi connectivity index (χ1n) is 6.07. The summed E-state index contributed by atoms with van der Waals surface area (Å²) in [4.78, 5) is 34.7. The molecule has 22 heavy (non-hydrogen) atoms. The van der Waals surface area contributed by atoms with Gasteiger partial charge in [-0.3, -0.25) is 14.9 Å². The Bertz CT molecular complexity index is 1020. The van der Waals surface area contributed by atoms with Gasteiger partial charge in [0.05, 0.1) is 16.0 Å². The van der Waals surface area contributed by atoms with Gasteiger partial charge in [0.1, 0.15) is 5.58 Å². The summed E-state index contributed by atoms with van der Waals surface area (Å²) in [6.45, 7) is 0. The fourth-order valence-electron chi connectivity index (χ4n) is 2.07. The van der Waals surface area contributed by atoms with Crippen LogP contribution in [0, 0.1) is 10.1 Å². The van der Waals surface area contributed by atoms with Crippen molar-refractivity contribution in [3.05, 3.63) is 78.5 Å². The van der Waals surface area contributed by atoms with Crippen LogP contribution in [-0.4, -0.2) is 9.49 Å². The van der Waals surface area contributed by atoms with Gasteiger partial charge >= 0.3 is 5.76 Å². The van der Waals surface area contributed by atoms with E-state index >= 15 is 0 Å². The van der Waals surface area contributed by atoms with Crippen LogP contribution in [0.4, 0.5) is 5.69 Å². The van der Waals surface area contributed by atoms with Gasteiger partial charge in [0, 0.05) is 23.2 Å². The fourth-order valence-corrected chi connectivity index (χ4v) is 2.23.